The van der Waals surface area contributed by atoms with Gasteiger partial charge in [-0.05, 0) is 16.8 Å². The summed E-state index contributed by atoms with van der Waals surface area (Å²) in [6.45, 7) is 0. The van der Waals surface area contributed by atoms with Gasteiger partial charge < -0.3 is 4.98 Å². The Balaban J connectivity index is 0.000000980. The van der Waals surface area contributed by atoms with Crippen LogP contribution in [0.3, 0.4) is 0 Å². The number of hydrogen-bond donors (Lipinski definition) is 0. The molecule has 0 spiro atoms. The zero-order chi connectivity index (χ0) is 9.10. The van der Waals surface area contributed by atoms with Crippen molar-refractivity contribution in [1.82, 2.24) is 4.98 Å². The maximum absolute atomic E-state index is 5.85. The maximum atomic E-state index is 5.85. The Morgan fingerprint density at radius 1 is 1.21 bits per heavy atom. The molecule has 0 bridgehead atoms. The second kappa shape index (κ2) is 5.28. The van der Waals surface area contributed by atoms with Crippen LogP contribution in [0.2, 0.25) is 5.02 Å². The van der Waals surface area contributed by atoms with E-state index in [2.05, 4.69) is 11.1 Å². The Morgan fingerprint density at radius 2 is 2.07 bits per heavy atom. The Bertz CT molecular complexity index is 403. The molecule has 0 fully saturated rings. The average Bonchev–Trinajstić information content (AvgIpc) is 2.19. The van der Waals surface area contributed by atoms with Crippen LogP contribution in [0.5, 0.6) is 0 Å². The molecular weight excluding hydrogens is 377 g/mol. The molecule has 1 aromatic heterocycles. The van der Waals surface area contributed by atoms with Crippen LogP contribution in [0.4, 0.5) is 0 Å². The number of aromatic nitrogens is 1. The predicted molar refractivity (Wildman–Crippen MR) is 53.5 cm³/mol. The van der Waals surface area contributed by atoms with E-state index >= 15 is 0 Å². The summed E-state index contributed by atoms with van der Waals surface area (Å²) in [5.41, 5.74) is 1.82. The molecule has 0 aliphatic rings. The summed E-state index contributed by atoms with van der Waals surface area (Å²) in [7, 11) is 0. The summed E-state index contributed by atoms with van der Waals surface area (Å²) < 4.78 is 0. The molecule has 0 saturated heterocycles. The van der Waals surface area contributed by atoms with Crippen molar-refractivity contribution in [2.24, 2.45) is 0 Å². The molecule has 0 N–H and O–H groups in total. The average molecular weight is 384 g/mol. The first-order valence-corrected chi connectivity index (χ1v) is 4.33. The molecule has 74 valence electrons. The van der Waals surface area contributed by atoms with Gasteiger partial charge in [-0.15, -0.1) is 41.4 Å². The van der Waals surface area contributed by atoms with Gasteiger partial charge in [0.2, 0.25) is 0 Å². The van der Waals surface area contributed by atoms with Crippen LogP contribution in [0.1, 0.15) is 0 Å². The number of halogens is 1. The first-order valence-electron chi connectivity index (χ1n) is 3.95. The second-order valence-electron chi connectivity index (χ2n) is 2.64. The van der Waals surface area contributed by atoms with Gasteiger partial charge in [-0.2, -0.15) is 0 Å². The first-order chi connectivity index (χ1) is 6.36. The summed E-state index contributed by atoms with van der Waals surface area (Å²) >= 11 is 5.85. The van der Waals surface area contributed by atoms with Crippen LogP contribution in [0.15, 0.2) is 42.6 Å². The maximum Gasteiger partial charge on any atom is 0.0160 e. The van der Waals surface area contributed by atoms with Gasteiger partial charge in [-0.3, -0.25) is 0 Å². The Morgan fingerprint density at radius 3 is 2.71 bits per heavy atom. The van der Waals surface area contributed by atoms with E-state index in [1.54, 1.807) is 18.3 Å². The van der Waals surface area contributed by atoms with Gasteiger partial charge in [0.15, 0.2) is 0 Å². The number of rotatable bonds is 1. The molecule has 2 rings (SSSR count). The topological polar surface area (TPSA) is 12.9 Å². The largest absolute Gasteiger partial charge is 0.305 e. The van der Waals surface area contributed by atoms with Crippen LogP contribution in [0, 0.1) is 6.07 Å². The molecule has 0 radical (unpaired) electrons. The predicted octanol–water partition coefficient (Wildman–Crippen LogP) is 3.20. The van der Waals surface area contributed by atoms with Gasteiger partial charge >= 0.3 is 0 Å². The van der Waals surface area contributed by atoms with Crippen molar-refractivity contribution >= 4 is 11.6 Å². The second-order valence-corrected chi connectivity index (χ2v) is 3.07. The van der Waals surface area contributed by atoms with E-state index in [4.69, 9.17) is 11.6 Å². The van der Waals surface area contributed by atoms with E-state index in [1.807, 2.05) is 24.3 Å². The van der Waals surface area contributed by atoms with Gasteiger partial charge in [0, 0.05) is 27.3 Å². The van der Waals surface area contributed by atoms with E-state index in [0.717, 1.165) is 11.3 Å². The van der Waals surface area contributed by atoms with Crippen LogP contribution in [-0.4, -0.2) is 4.98 Å². The molecule has 0 atom stereocenters. The van der Waals surface area contributed by atoms with Crippen molar-refractivity contribution < 1.29 is 21.1 Å². The van der Waals surface area contributed by atoms with E-state index in [9.17, 15) is 0 Å². The van der Waals surface area contributed by atoms with E-state index in [1.165, 1.54) is 0 Å². The molecule has 0 saturated carbocycles. The van der Waals surface area contributed by atoms with Crippen molar-refractivity contribution in [2.75, 3.05) is 0 Å². The third-order valence-electron chi connectivity index (χ3n) is 1.70. The molecule has 1 nitrogen and oxygen atoms in total. The summed E-state index contributed by atoms with van der Waals surface area (Å²) in [4.78, 5) is 4.20. The van der Waals surface area contributed by atoms with Gasteiger partial charge in [-0.25, -0.2) is 0 Å². The molecule has 0 unspecified atom stereocenters. The van der Waals surface area contributed by atoms with Crippen molar-refractivity contribution in [1.29, 1.82) is 0 Å². The zero-order valence-electron chi connectivity index (χ0n) is 7.18. The third-order valence-corrected chi connectivity index (χ3v) is 1.94. The number of nitrogens with zero attached hydrogens (tertiary/aromatic N) is 1. The van der Waals surface area contributed by atoms with Gasteiger partial charge in [0.1, 0.15) is 0 Å². The van der Waals surface area contributed by atoms with E-state index in [0.29, 0.717) is 5.02 Å². The van der Waals surface area contributed by atoms with Gasteiger partial charge in [0.25, 0.3) is 0 Å². The molecule has 2 aromatic rings. The van der Waals surface area contributed by atoms with Gasteiger partial charge in [0.05, 0.1) is 0 Å². The minimum absolute atomic E-state index is 0. The third kappa shape index (κ3) is 2.67. The number of benzene rings is 1. The number of hydrogen-bond acceptors (Lipinski definition) is 1. The van der Waals surface area contributed by atoms with Gasteiger partial charge in [-0.1, -0.05) is 12.1 Å². The van der Waals surface area contributed by atoms with Crippen molar-refractivity contribution in [3.63, 3.8) is 0 Å². The SMILES string of the molecule is Clc1cc[c-]c(-c2ccccn2)c1.[Pt]. The summed E-state index contributed by atoms with van der Waals surface area (Å²) in [5.74, 6) is 0. The van der Waals surface area contributed by atoms with Crippen LogP contribution in [-0.2, 0) is 21.1 Å². The first kappa shape index (κ1) is 11.4. The smallest absolute Gasteiger partial charge is 0.0160 e. The Kier molecular flexibility index (Phi) is 4.31. The fourth-order valence-electron chi connectivity index (χ4n) is 1.11. The normalized spacial score (nSPS) is 9.21. The summed E-state index contributed by atoms with van der Waals surface area (Å²) in [6, 6.07) is 14.3. The minimum Gasteiger partial charge on any atom is -0.305 e. The van der Waals surface area contributed by atoms with Crippen LogP contribution in [0.25, 0.3) is 11.3 Å². The van der Waals surface area contributed by atoms with Crippen molar-refractivity contribution in [3.8, 4) is 11.3 Å². The molecule has 1 aromatic carbocycles. The van der Waals surface area contributed by atoms with Crippen molar-refractivity contribution in [3.05, 3.63) is 53.7 Å². The summed E-state index contributed by atoms with van der Waals surface area (Å²) in [6.07, 6.45) is 1.75. The standard InChI is InChI=1S/C11H7ClN.Pt/c12-10-5-3-4-9(8-10)11-6-1-2-7-13-11;/h1-3,5-8H;/q-1;. The number of pyridine rings is 1. The molecule has 14 heavy (non-hydrogen) atoms. The van der Waals surface area contributed by atoms with Crippen molar-refractivity contribution in [2.45, 2.75) is 0 Å². The Hall–Kier alpha value is -0.652. The minimum atomic E-state index is 0. The van der Waals surface area contributed by atoms with Crippen LogP contribution < -0.4 is 0 Å². The van der Waals surface area contributed by atoms with Crippen LogP contribution >= 0.6 is 11.6 Å². The molecule has 0 aliphatic carbocycles. The Labute approximate surface area is 102 Å². The fourth-order valence-corrected chi connectivity index (χ4v) is 1.28. The monoisotopic (exact) mass is 383 g/mol. The molecule has 3 heteroatoms. The molecule has 0 amide bonds. The quantitative estimate of drug-likeness (QED) is 0.689. The van der Waals surface area contributed by atoms with E-state index in [-0.39, 0.29) is 21.1 Å². The zero-order valence-corrected chi connectivity index (χ0v) is 10.2. The molecular formula is C11H7ClNPt-. The fraction of sp³-hybridized carbons (Fsp3) is 0. The molecule has 1 heterocycles. The van der Waals surface area contributed by atoms with E-state index < -0.39 is 0 Å². The molecule has 0 aliphatic heterocycles. The summed E-state index contributed by atoms with van der Waals surface area (Å²) in [5, 5.41) is 0.708.